The van der Waals surface area contributed by atoms with Crippen molar-refractivity contribution in [2.75, 3.05) is 39.3 Å². The van der Waals surface area contributed by atoms with Gasteiger partial charge in [-0.1, -0.05) is 32.9 Å². The topological polar surface area (TPSA) is 53.6 Å². The Bertz CT molecular complexity index is 537. The van der Waals surface area contributed by atoms with Gasteiger partial charge in [-0.15, -0.1) is 12.4 Å². The molecule has 1 fully saturated rings. The van der Waals surface area contributed by atoms with Crippen LogP contribution in [0.2, 0.25) is 0 Å². The van der Waals surface area contributed by atoms with Crippen LogP contribution in [0.3, 0.4) is 0 Å². The zero-order chi connectivity index (χ0) is 18.3. The van der Waals surface area contributed by atoms with E-state index in [4.69, 9.17) is 4.74 Å². The second-order valence-corrected chi connectivity index (χ2v) is 7.77. The van der Waals surface area contributed by atoms with Crippen LogP contribution in [-0.4, -0.2) is 56.2 Å². The molecule has 0 saturated carbocycles. The van der Waals surface area contributed by atoms with Crippen molar-refractivity contribution in [1.29, 1.82) is 0 Å². The molecule has 2 N–H and O–H groups in total. The molecule has 0 radical (unpaired) electrons. The quantitative estimate of drug-likeness (QED) is 0.710. The average molecular weight is 384 g/mol. The Kier molecular flexibility index (Phi) is 9.41. The lowest BCUT2D eigenvalue weighted by Crippen LogP contribution is -2.44. The summed E-state index contributed by atoms with van der Waals surface area (Å²) in [6, 6.07) is 8.00. The first-order valence-electron chi connectivity index (χ1n) is 9.34. The van der Waals surface area contributed by atoms with E-state index in [1.165, 1.54) is 5.56 Å². The number of halogens is 1. The van der Waals surface area contributed by atoms with E-state index in [0.29, 0.717) is 6.54 Å². The van der Waals surface area contributed by atoms with Gasteiger partial charge >= 0.3 is 0 Å². The molecule has 2 rings (SSSR count). The Morgan fingerprint density at radius 1 is 1.23 bits per heavy atom. The maximum atomic E-state index is 12.2. The highest BCUT2D eigenvalue weighted by molar-refractivity contribution is 5.85. The van der Waals surface area contributed by atoms with Crippen LogP contribution in [0.15, 0.2) is 24.3 Å². The first-order valence-corrected chi connectivity index (χ1v) is 9.34. The van der Waals surface area contributed by atoms with Crippen LogP contribution >= 0.6 is 12.4 Å². The van der Waals surface area contributed by atoms with Crippen molar-refractivity contribution < 1.29 is 9.53 Å². The van der Waals surface area contributed by atoms with E-state index in [1.54, 1.807) is 6.92 Å². The average Bonchev–Trinajstić information content (AvgIpc) is 2.59. The Hall–Kier alpha value is -1.30. The second-order valence-electron chi connectivity index (χ2n) is 7.77. The van der Waals surface area contributed by atoms with E-state index in [1.807, 2.05) is 12.1 Å². The molecule has 0 aromatic heterocycles. The normalized spacial score (nSPS) is 16.5. The summed E-state index contributed by atoms with van der Waals surface area (Å²) in [5.74, 6) is 0.677. The van der Waals surface area contributed by atoms with Crippen LogP contribution in [0.5, 0.6) is 5.75 Å². The van der Waals surface area contributed by atoms with E-state index in [-0.39, 0.29) is 23.7 Å². The van der Waals surface area contributed by atoms with Gasteiger partial charge in [0.2, 0.25) is 0 Å². The fourth-order valence-corrected chi connectivity index (χ4v) is 2.88. The lowest BCUT2D eigenvalue weighted by Gasteiger charge is -2.27. The van der Waals surface area contributed by atoms with E-state index in [2.05, 4.69) is 48.4 Å². The highest BCUT2D eigenvalue weighted by Gasteiger charge is 2.16. The third-order valence-electron chi connectivity index (χ3n) is 4.56. The van der Waals surface area contributed by atoms with Crippen LogP contribution in [0.25, 0.3) is 0 Å². The molecule has 1 atom stereocenters. The van der Waals surface area contributed by atoms with E-state index >= 15 is 0 Å². The molecule has 1 saturated heterocycles. The molecule has 1 amide bonds. The molecule has 26 heavy (non-hydrogen) atoms. The van der Waals surface area contributed by atoms with Crippen molar-refractivity contribution >= 4 is 18.3 Å². The van der Waals surface area contributed by atoms with Crippen LogP contribution in [-0.2, 0) is 10.2 Å². The summed E-state index contributed by atoms with van der Waals surface area (Å²) in [5, 5.41) is 6.32. The van der Waals surface area contributed by atoms with E-state index < -0.39 is 6.10 Å². The number of amides is 1. The summed E-state index contributed by atoms with van der Waals surface area (Å²) >= 11 is 0. The predicted molar refractivity (Wildman–Crippen MR) is 109 cm³/mol. The first-order chi connectivity index (χ1) is 11.9. The van der Waals surface area contributed by atoms with Gasteiger partial charge in [0.25, 0.3) is 5.91 Å². The third-order valence-corrected chi connectivity index (χ3v) is 4.56. The fraction of sp³-hybridized carbons (Fsp3) is 0.650. The Morgan fingerprint density at radius 3 is 2.42 bits per heavy atom. The Labute approximate surface area is 164 Å². The summed E-state index contributed by atoms with van der Waals surface area (Å²) in [6.07, 6.45) is 0.485. The van der Waals surface area contributed by atoms with Gasteiger partial charge in [0.05, 0.1) is 0 Å². The molecule has 0 aliphatic carbocycles. The summed E-state index contributed by atoms with van der Waals surface area (Å²) in [7, 11) is 0. The first kappa shape index (κ1) is 22.7. The maximum Gasteiger partial charge on any atom is 0.260 e. The Balaban J connectivity index is 0.00000338. The van der Waals surface area contributed by atoms with Crippen molar-refractivity contribution in [3.63, 3.8) is 0 Å². The third kappa shape index (κ3) is 7.52. The van der Waals surface area contributed by atoms with Crippen LogP contribution in [0, 0.1) is 0 Å². The van der Waals surface area contributed by atoms with Crippen LogP contribution in [0.1, 0.15) is 39.7 Å². The number of nitrogens with one attached hydrogen (secondary N) is 2. The molecule has 0 spiro atoms. The van der Waals surface area contributed by atoms with Crippen LogP contribution < -0.4 is 15.4 Å². The molecule has 1 aromatic carbocycles. The van der Waals surface area contributed by atoms with Gasteiger partial charge in [-0.2, -0.15) is 0 Å². The number of ether oxygens (including phenoxy) is 1. The minimum absolute atomic E-state index is 0. The summed E-state index contributed by atoms with van der Waals surface area (Å²) in [4.78, 5) is 14.6. The molecule has 1 aliphatic heterocycles. The maximum absolute atomic E-state index is 12.2. The zero-order valence-corrected chi connectivity index (χ0v) is 17.3. The smallest absolute Gasteiger partial charge is 0.260 e. The monoisotopic (exact) mass is 383 g/mol. The summed E-state index contributed by atoms with van der Waals surface area (Å²) in [6.45, 7) is 14.4. The SMILES string of the molecule is CC(Oc1ccc(C(C)(C)C)cc1)C(=O)NCCCN1CCNCC1.Cl. The van der Waals surface area contributed by atoms with Crippen molar-refractivity contribution in [2.45, 2.75) is 45.6 Å². The van der Waals surface area contributed by atoms with E-state index in [9.17, 15) is 4.79 Å². The number of hydrogen-bond donors (Lipinski definition) is 2. The van der Waals surface area contributed by atoms with Crippen molar-refractivity contribution in [1.82, 2.24) is 15.5 Å². The predicted octanol–water partition coefficient (Wildman–Crippen LogP) is 2.58. The van der Waals surface area contributed by atoms with Crippen molar-refractivity contribution in [3.05, 3.63) is 29.8 Å². The van der Waals surface area contributed by atoms with Crippen molar-refractivity contribution in [3.8, 4) is 5.75 Å². The largest absolute Gasteiger partial charge is 0.481 e. The molecule has 1 aliphatic rings. The summed E-state index contributed by atoms with van der Waals surface area (Å²) < 4.78 is 5.76. The molecule has 1 heterocycles. The highest BCUT2D eigenvalue weighted by Crippen LogP contribution is 2.24. The molecular formula is C20H34ClN3O2. The fourth-order valence-electron chi connectivity index (χ4n) is 2.88. The summed E-state index contributed by atoms with van der Waals surface area (Å²) in [5.41, 5.74) is 1.37. The minimum atomic E-state index is -0.486. The minimum Gasteiger partial charge on any atom is -0.481 e. The molecular weight excluding hydrogens is 350 g/mol. The van der Waals surface area contributed by atoms with Gasteiger partial charge in [-0.05, 0) is 43.0 Å². The molecule has 0 bridgehead atoms. The standard InChI is InChI=1S/C20H33N3O2.ClH/c1-16(25-18-8-6-17(7-9-18)20(2,3)4)19(24)22-10-5-13-23-14-11-21-12-15-23;/h6-9,16,21H,5,10-15H2,1-4H3,(H,22,24);1H. The Morgan fingerprint density at radius 2 is 1.85 bits per heavy atom. The number of nitrogens with zero attached hydrogens (tertiary/aromatic N) is 1. The zero-order valence-electron chi connectivity index (χ0n) is 16.5. The lowest BCUT2D eigenvalue weighted by atomic mass is 9.87. The van der Waals surface area contributed by atoms with Gasteiger partial charge in [0.15, 0.2) is 6.10 Å². The van der Waals surface area contributed by atoms with Gasteiger partial charge in [0.1, 0.15) is 5.75 Å². The number of benzene rings is 1. The van der Waals surface area contributed by atoms with Gasteiger partial charge < -0.3 is 20.3 Å². The molecule has 148 valence electrons. The molecule has 5 nitrogen and oxygen atoms in total. The lowest BCUT2D eigenvalue weighted by molar-refractivity contribution is -0.127. The second kappa shape index (κ2) is 10.8. The number of carbonyl (C=O) groups is 1. The highest BCUT2D eigenvalue weighted by atomic mass is 35.5. The number of hydrogen-bond acceptors (Lipinski definition) is 4. The van der Waals surface area contributed by atoms with Gasteiger partial charge in [-0.25, -0.2) is 0 Å². The van der Waals surface area contributed by atoms with Gasteiger partial charge in [0, 0.05) is 32.7 Å². The van der Waals surface area contributed by atoms with Crippen molar-refractivity contribution in [2.24, 2.45) is 0 Å². The molecule has 1 unspecified atom stereocenters. The van der Waals surface area contributed by atoms with Crippen LogP contribution in [0.4, 0.5) is 0 Å². The number of rotatable bonds is 7. The van der Waals surface area contributed by atoms with Gasteiger partial charge in [-0.3, -0.25) is 4.79 Å². The molecule has 1 aromatic rings. The molecule has 6 heteroatoms. The van der Waals surface area contributed by atoms with E-state index in [0.717, 1.165) is 44.9 Å². The number of piperazine rings is 1. The number of carbonyl (C=O) groups excluding carboxylic acids is 1.